The Labute approximate surface area is 387 Å². The molecule has 11 rings (SSSR count). The molecule has 1 atom stereocenters. The van der Waals surface area contributed by atoms with Crippen LogP contribution in [0.4, 0.5) is 0 Å². The molecule has 0 N–H and O–H groups in total. The maximum absolute atomic E-state index is 2.97. The van der Waals surface area contributed by atoms with Crippen molar-refractivity contribution >= 4 is 6.48 Å². The second kappa shape index (κ2) is 16.5. The molecule has 5 aromatic rings. The van der Waals surface area contributed by atoms with E-state index >= 15 is 0 Å². The molecule has 314 valence electrons. The smallest absolute Gasteiger partial charge is 1.00 e. The topological polar surface area (TPSA) is 0 Å². The summed E-state index contributed by atoms with van der Waals surface area (Å²) < 4.78 is 5.19. The fourth-order valence-corrected chi connectivity index (χ4v) is 21.5. The van der Waals surface area contributed by atoms with E-state index in [0.717, 1.165) is 30.1 Å². The minimum Gasteiger partial charge on any atom is -1.00 e. The maximum atomic E-state index is 2.87. The molecule has 0 saturated heterocycles. The molecule has 0 aliphatic heterocycles. The van der Waals surface area contributed by atoms with Crippen LogP contribution in [0.5, 0.6) is 0 Å². The van der Waals surface area contributed by atoms with E-state index in [1.54, 1.807) is 20.9 Å². The number of fused-ring (bicyclic) bond motifs is 3. The Balaban J connectivity index is 0.00000257. The van der Waals surface area contributed by atoms with Gasteiger partial charge < -0.3 is 24.8 Å². The largest absolute Gasteiger partial charge is 1.00 e. The van der Waals surface area contributed by atoms with Gasteiger partial charge >= 0.3 is 366 Å². The number of benzene rings is 5. The van der Waals surface area contributed by atoms with E-state index in [4.69, 9.17) is 0 Å². The van der Waals surface area contributed by atoms with Gasteiger partial charge in [-0.15, -0.1) is 0 Å². The van der Waals surface area contributed by atoms with Gasteiger partial charge in [0, 0.05) is 0 Å². The quantitative estimate of drug-likeness (QED) is 0.157. The average Bonchev–Trinajstić information content (AvgIpc) is 3.79. The molecule has 4 saturated carbocycles. The summed E-state index contributed by atoms with van der Waals surface area (Å²) in [5.74, 6) is 4.10. The first-order valence-corrected chi connectivity index (χ1v) is 26.6. The van der Waals surface area contributed by atoms with Gasteiger partial charge in [0.2, 0.25) is 0 Å². The second-order valence-electron chi connectivity index (χ2n) is 21.6. The molecular formula is C58H64Cl2Zr. The summed E-state index contributed by atoms with van der Waals surface area (Å²) >= 11 is -2.97. The number of halogens is 2. The average molecular weight is 923 g/mol. The van der Waals surface area contributed by atoms with Gasteiger partial charge in [-0.05, 0) is 0 Å². The van der Waals surface area contributed by atoms with Crippen LogP contribution in [0.25, 0.3) is 33.4 Å². The van der Waals surface area contributed by atoms with E-state index in [9.17, 15) is 0 Å². The second-order valence-corrected chi connectivity index (χ2v) is 28.0. The maximum Gasteiger partial charge on any atom is -1.00 e. The number of allylic oxidation sites excluding steroid dienone is 4. The zero-order valence-electron chi connectivity index (χ0n) is 37.9. The summed E-state index contributed by atoms with van der Waals surface area (Å²) in [4.78, 5) is 0. The third kappa shape index (κ3) is 7.54. The Morgan fingerprint density at radius 2 is 1.15 bits per heavy atom. The summed E-state index contributed by atoms with van der Waals surface area (Å²) in [6, 6.07) is 42.2. The molecule has 4 bridgehead atoms. The fourth-order valence-electron chi connectivity index (χ4n) is 13.0. The van der Waals surface area contributed by atoms with E-state index in [-0.39, 0.29) is 35.6 Å². The molecule has 0 radical (unpaired) electrons. The molecule has 5 aromatic carbocycles. The Hall–Kier alpha value is -3.09. The minimum atomic E-state index is -2.97. The number of rotatable bonds is 6. The normalized spacial score (nSPS) is 24.9. The molecule has 1 unspecified atom stereocenters. The molecule has 3 heteroatoms. The summed E-state index contributed by atoms with van der Waals surface area (Å²) in [7, 11) is 0. The van der Waals surface area contributed by atoms with Gasteiger partial charge in [-0.3, -0.25) is 0 Å². The Morgan fingerprint density at radius 1 is 0.623 bits per heavy atom. The summed E-state index contributed by atoms with van der Waals surface area (Å²) in [6.45, 7) is 22.4. The fraction of sp³-hybridized carbons (Fsp3) is 0.397. The molecular weight excluding hydrogens is 859 g/mol. The van der Waals surface area contributed by atoms with Crippen LogP contribution in [-0.2, 0) is 38.5 Å². The monoisotopic (exact) mass is 920 g/mol. The van der Waals surface area contributed by atoms with Crippen LogP contribution in [0.3, 0.4) is 0 Å². The van der Waals surface area contributed by atoms with Crippen molar-refractivity contribution in [1.82, 2.24) is 0 Å². The molecule has 0 amide bonds. The zero-order chi connectivity index (χ0) is 41.0. The van der Waals surface area contributed by atoms with Crippen LogP contribution in [0, 0.1) is 35.0 Å². The first-order valence-electron chi connectivity index (χ1n) is 22.9. The van der Waals surface area contributed by atoms with Crippen molar-refractivity contribution in [2.45, 2.75) is 112 Å². The van der Waals surface area contributed by atoms with Gasteiger partial charge in [0.1, 0.15) is 0 Å². The standard InChI is InChI=1S/C33H33.C17H23.C8H8.2ClH.Zr/c1-32(2,3)30-20-26-24(18-28(30)22-13-9-7-10-14-22)17-25-19-29(23-15-11-8-12-16-23)31(21-27(25)26)33(4,5)6;1-11-3-4-14(5-11)17(2)15-7-12-6-13(9-15)10-16(17)8-12;1-2-8-6-4-3-5-7-8;;;/h7-16,18,20-21H,17H2,1-6H3;4-5,11-13,15-16H,6-10H2,1-2H3;3-7H,1H3;2*1H;/q;;;;;+2/p-2. The van der Waals surface area contributed by atoms with Crippen LogP contribution in [-0.4, -0.2) is 3.21 Å². The van der Waals surface area contributed by atoms with Gasteiger partial charge in [0.05, 0.1) is 0 Å². The predicted octanol–water partition coefficient (Wildman–Crippen LogP) is 8.60. The number of hydrogen-bond donors (Lipinski definition) is 0. The Kier molecular flexibility index (Phi) is 12.0. The molecule has 0 spiro atoms. The molecule has 0 aromatic heterocycles. The van der Waals surface area contributed by atoms with E-state index < -0.39 is 21.3 Å². The van der Waals surface area contributed by atoms with Crippen molar-refractivity contribution in [2.24, 2.45) is 35.0 Å². The van der Waals surface area contributed by atoms with Crippen molar-refractivity contribution in [1.29, 1.82) is 0 Å². The summed E-state index contributed by atoms with van der Waals surface area (Å²) in [5.41, 5.74) is 18.1. The van der Waals surface area contributed by atoms with Crippen molar-refractivity contribution in [2.75, 3.05) is 0 Å². The third-order valence-corrected chi connectivity index (χ3v) is 23.9. The Morgan fingerprint density at radius 3 is 1.70 bits per heavy atom. The number of hydrogen-bond acceptors (Lipinski definition) is 0. The van der Waals surface area contributed by atoms with E-state index in [2.05, 4.69) is 184 Å². The molecule has 4 fully saturated rings. The zero-order valence-corrected chi connectivity index (χ0v) is 41.9. The first-order chi connectivity index (χ1) is 28.2. The minimum absolute atomic E-state index is 0. The molecule has 6 aliphatic rings. The molecule has 0 heterocycles. The van der Waals surface area contributed by atoms with Crippen molar-refractivity contribution in [3.8, 4) is 33.4 Å². The molecule has 0 nitrogen and oxygen atoms in total. The van der Waals surface area contributed by atoms with E-state index in [1.165, 1.54) is 87.7 Å². The SMILES string of the molecule is C/[C](c1ccccc1)=[Zr+2](\[C]1=CC(C2(C)C3CC4CC(C3)CC2C4)=CC1C)[c]1c2c(cc(C(C)(C)C)c1-c1ccccc1)-c1cc(C(C)(C)C)c(-c3ccccc3)cc1C2.[Cl-].[Cl-]. The van der Waals surface area contributed by atoms with Crippen LogP contribution in [0.2, 0.25) is 0 Å². The van der Waals surface area contributed by atoms with E-state index in [0.29, 0.717) is 11.3 Å². The van der Waals surface area contributed by atoms with Gasteiger partial charge in [-0.25, -0.2) is 0 Å². The van der Waals surface area contributed by atoms with Crippen molar-refractivity contribution < 1.29 is 46.1 Å². The van der Waals surface area contributed by atoms with Gasteiger partial charge in [-0.2, -0.15) is 0 Å². The first kappa shape index (κ1) is 44.5. The van der Waals surface area contributed by atoms with Crippen LogP contribution in [0.15, 0.2) is 130 Å². The van der Waals surface area contributed by atoms with Crippen LogP contribution in [0.1, 0.15) is 122 Å². The summed E-state index contributed by atoms with van der Waals surface area (Å²) in [5, 5.41) is 0. The third-order valence-electron chi connectivity index (χ3n) is 15.9. The van der Waals surface area contributed by atoms with Gasteiger partial charge in [0.25, 0.3) is 0 Å². The Bertz CT molecular complexity index is 2530. The predicted molar refractivity (Wildman–Crippen MR) is 249 cm³/mol. The molecule has 61 heavy (non-hydrogen) atoms. The van der Waals surface area contributed by atoms with Crippen LogP contribution >= 0.6 is 0 Å². The van der Waals surface area contributed by atoms with Crippen molar-refractivity contribution in [3.05, 3.63) is 158 Å². The van der Waals surface area contributed by atoms with Crippen molar-refractivity contribution in [3.63, 3.8) is 0 Å². The van der Waals surface area contributed by atoms with Gasteiger partial charge in [-0.1, -0.05) is 0 Å². The van der Waals surface area contributed by atoms with Gasteiger partial charge in [0.15, 0.2) is 0 Å². The summed E-state index contributed by atoms with van der Waals surface area (Å²) in [6.07, 6.45) is 14.0. The van der Waals surface area contributed by atoms with Crippen LogP contribution < -0.4 is 28.1 Å². The molecule has 6 aliphatic carbocycles. The van der Waals surface area contributed by atoms with E-state index in [1.807, 2.05) is 0 Å².